The molecule has 3 atom stereocenters. The summed E-state index contributed by atoms with van der Waals surface area (Å²) in [7, 11) is 0. The van der Waals surface area contributed by atoms with Crippen LogP contribution in [0, 0.1) is 5.92 Å². The Morgan fingerprint density at radius 3 is 2.65 bits per heavy atom. The third-order valence-electron chi connectivity index (χ3n) is 4.24. The van der Waals surface area contributed by atoms with E-state index in [4.69, 9.17) is 4.74 Å². The van der Waals surface area contributed by atoms with Crippen molar-refractivity contribution in [1.82, 2.24) is 10.2 Å². The predicted molar refractivity (Wildman–Crippen MR) is 87.1 cm³/mol. The van der Waals surface area contributed by atoms with Gasteiger partial charge in [0.05, 0.1) is 18.1 Å². The molecule has 2 bridgehead atoms. The van der Waals surface area contributed by atoms with Crippen molar-refractivity contribution in [2.45, 2.75) is 38.5 Å². The number of rotatable bonds is 3. The van der Waals surface area contributed by atoms with Crippen LogP contribution >= 0.6 is 0 Å². The largest absolute Gasteiger partial charge is 0.370 e. The molecule has 0 radical (unpaired) electrons. The van der Waals surface area contributed by atoms with Gasteiger partial charge in [0.2, 0.25) is 5.91 Å². The van der Waals surface area contributed by atoms with Gasteiger partial charge in [0.25, 0.3) is 0 Å². The standard InChI is InChI=1S/C17H23N3O3/c1-11(2)18-16(21)14-8-13-9-20(10-15(14)23-13)17(22)19-12-6-4-3-5-7-12/h3-7,11,13-15H,8-10H2,1-2H3,(H,18,21)(H,19,22)/t13-,14+,15-/m0/s1. The number of amides is 3. The number of anilines is 1. The first-order chi connectivity index (χ1) is 11.0. The Morgan fingerprint density at radius 2 is 1.96 bits per heavy atom. The molecule has 6 heteroatoms. The SMILES string of the molecule is CC(C)NC(=O)[C@@H]1C[C@H]2CN(C(=O)Nc3ccccc3)C[C@@H]1O2. The summed E-state index contributed by atoms with van der Waals surface area (Å²) in [6.07, 6.45) is 0.408. The lowest BCUT2D eigenvalue weighted by Gasteiger charge is -2.32. The van der Waals surface area contributed by atoms with E-state index in [1.165, 1.54) is 0 Å². The van der Waals surface area contributed by atoms with E-state index in [1.54, 1.807) is 4.90 Å². The number of hydrogen-bond donors (Lipinski definition) is 2. The number of hydrogen-bond acceptors (Lipinski definition) is 3. The van der Waals surface area contributed by atoms with Crippen molar-refractivity contribution >= 4 is 17.6 Å². The van der Waals surface area contributed by atoms with Gasteiger partial charge in [-0.1, -0.05) is 18.2 Å². The van der Waals surface area contributed by atoms with E-state index in [0.29, 0.717) is 19.5 Å². The summed E-state index contributed by atoms with van der Waals surface area (Å²) >= 11 is 0. The second-order valence-corrected chi connectivity index (χ2v) is 6.50. The molecule has 0 aliphatic carbocycles. The minimum Gasteiger partial charge on any atom is -0.370 e. The van der Waals surface area contributed by atoms with Gasteiger partial charge >= 0.3 is 6.03 Å². The molecule has 3 rings (SSSR count). The van der Waals surface area contributed by atoms with Crippen LogP contribution in [-0.2, 0) is 9.53 Å². The Labute approximate surface area is 136 Å². The van der Waals surface area contributed by atoms with Crippen molar-refractivity contribution in [3.05, 3.63) is 30.3 Å². The summed E-state index contributed by atoms with van der Waals surface area (Å²) in [5, 5.41) is 5.83. The first-order valence-corrected chi connectivity index (χ1v) is 8.09. The zero-order valence-corrected chi connectivity index (χ0v) is 13.5. The number of carbonyl (C=O) groups excluding carboxylic acids is 2. The van der Waals surface area contributed by atoms with E-state index in [2.05, 4.69) is 10.6 Å². The lowest BCUT2D eigenvalue weighted by molar-refractivity contribution is -0.128. The van der Waals surface area contributed by atoms with E-state index in [1.807, 2.05) is 44.2 Å². The minimum absolute atomic E-state index is 0.0258. The normalized spacial score (nSPS) is 26.2. The maximum atomic E-state index is 12.4. The average molecular weight is 317 g/mol. The van der Waals surface area contributed by atoms with Crippen LogP contribution in [0.25, 0.3) is 0 Å². The molecule has 2 heterocycles. The second-order valence-electron chi connectivity index (χ2n) is 6.50. The van der Waals surface area contributed by atoms with Crippen LogP contribution in [0.5, 0.6) is 0 Å². The van der Waals surface area contributed by atoms with Crippen molar-refractivity contribution in [1.29, 1.82) is 0 Å². The fraction of sp³-hybridized carbons (Fsp3) is 0.529. The Morgan fingerprint density at radius 1 is 1.22 bits per heavy atom. The van der Waals surface area contributed by atoms with Gasteiger partial charge in [-0.2, -0.15) is 0 Å². The maximum absolute atomic E-state index is 12.4. The zero-order chi connectivity index (χ0) is 16.4. The van der Waals surface area contributed by atoms with Crippen molar-refractivity contribution in [3.63, 3.8) is 0 Å². The number of fused-ring (bicyclic) bond motifs is 2. The molecule has 2 aliphatic rings. The van der Waals surface area contributed by atoms with Crippen molar-refractivity contribution in [2.75, 3.05) is 18.4 Å². The van der Waals surface area contributed by atoms with Gasteiger partial charge in [-0.15, -0.1) is 0 Å². The maximum Gasteiger partial charge on any atom is 0.322 e. The average Bonchev–Trinajstić information content (AvgIpc) is 2.82. The molecule has 1 aromatic rings. The molecule has 0 aromatic heterocycles. The van der Waals surface area contributed by atoms with Crippen LogP contribution in [-0.4, -0.2) is 48.2 Å². The monoisotopic (exact) mass is 317 g/mol. The molecule has 124 valence electrons. The Balaban J connectivity index is 1.61. The summed E-state index contributed by atoms with van der Waals surface area (Å²) in [6.45, 7) is 4.87. The van der Waals surface area contributed by atoms with Gasteiger partial charge < -0.3 is 20.3 Å². The van der Waals surface area contributed by atoms with E-state index in [-0.39, 0.29) is 36.1 Å². The molecule has 0 saturated carbocycles. The molecule has 0 unspecified atom stereocenters. The minimum atomic E-state index is -0.214. The second kappa shape index (κ2) is 6.58. The van der Waals surface area contributed by atoms with Crippen LogP contribution in [0.15, 0.2) is 30.3 Å². The molecule has 23 heavy (non-hydrogen) atoms. The summed E-state index contributed by atoms with van der Waals surface area (Å²) in [4.78, 5) is 26.4. The first-order valence-electron chi connectivity index (χ1n) is 8.09. The van der Waals surface area contributed by atoms with Crippen LogP contribution < -0.4 is 10.6 Å². The molecule has 2 fully saturated rings. The number of carbonyl (C=O) groups is 2. The Kier molecular flexibility index (Phi) is 4.52. The van der Waals surface area contributed by atoms with Gasteiger partial charge in [0, 0.05) is 24.8 Å². The molecule has 2 aliphatic heterocycles. The van der Waals surface area contributed by atoms with Gasteiger partial charge in [0.15, 0.2) is 0 Å². The number of nitrogens with zero attached hydrogens (tertiary/aromatic N) is 1. The third kappa shape index (κ3) is 3.64. The van der Waals surface area contributed by atoms with Crippen LogP contribution in [0.3, 0.4) is 0 Å². The van der Waals surface area contributed by atoms with E-state index in [0.717, 1.165) is 5.69 Å². The molecule has 2 saturated heterocycles. The van der Waals surface area contributed by atoms with Crippen LogP contribution in [0.4, 0.5) is 10.5 Å². The predicted octanol–water partition coefficient (Wildman–Crippen LogP) is 1.83. The number of morpholine rings is 1. The van der Waals surface area contributed by atoms with Crippen molar-refractivity contribution < 1.29 is 14.3 Å². The number of ether oxygens (including phenoxy) is 1. The Hall–Kier alpha value is -2.08. The number of benzene rings is 1. The molecule has 2 N–H and O–H groups in total. The Bertz CT molecular complexity index is 576. The number of para-hydroxylation sites is 1. The highest BCUT2D eigenvalue weighted by molar-refractivity contribution is 5.89. The molecular weight excluding hydrogens is 294 g/mol. The quantitative estimate of drug-likeness (QED) is 0.893. The van der Waals surface area contributed by atoms with Crippen molar-refractivity contribution in [2.24, 2.45) is 5.92 Å². The fourth-order valence-corrected chi connectivity index (χ4v) is 3.22. The molecule has 0 spiro atoms. The topological polar surface area (TPSA) is 70.7 Å². The summed E-state index contributed by atoms with van der Waals surface area (Å²) in [5.74, 6) is -0.144. The first kappa shape index (κ1) is 15.8. The van der Waals surface area contributed by atoms with Crippen molar-refractivity contribution in [3.8, 4) is 0 Å². The molecule has 3 amide bonds. The van der Waals surface area contributed by atoms with Gasteiger partial charge in [-0.05, 0) is 32.4 Å². The zero-order valence-electron chi connectivity index (χ0n) is 13.5. The summed E-state index contributed by atoms with van der Waals surface area (Å²) in [5.41, 5.74) is 0.769. The molecular formula is C17H23N3O3. The lowest BCUT2D eigenvalue weighted by Crippen LogP contribution is -2.49. The van der Waals surface area contributed by atoms with Gasteiger partial charge in [-0.3, -0.25) is 4.79 Å². The summed E-state index contributed by atoms with van der Waals surface area (Å²) < 4.78 is 5.86. The van der Waals surface area contributed by atoms with Crippen LogP contribution in [0.1, 0.15) is 20.3 Å². The van der Waals surface area contributed by atoms with Gasteiger partial charge in [0.1, 0.15) is 0 Å². The smallest absolute Gasteiger partial charge is 0.322 e. The van der Waals surface area contributed by atoms with Gasteiger partial charge in [-0.25, -0.2) is 4.79 Å². The summed E-state index contributed by atoms with van der Waals surface area (Å²) in [6, 6.07) is 9.34. The van der Waals surface area contributed by atoms with E-state index < -0.39 is 0 Å². The highest BCUT2D eigenvalue weighted by Crippen LogP contribution is 2.32. The van der Waals surface area contributed by atoms with E-state index >= 15 is 0 Å². The molecule has 6 nitrogen and oxygen atoms in total. The fourth-order valence-electron chi connectivity index (χ4n) is 3.22. The lowest BCUT2D eigenvalue weighted by atomic mass is 9.99. The van der Waals surface area contributed by atoms with Crippen LogP contribution in [0.2, 0.25) is 0 Å². The number of likely N-dealkylation sites (tertiary alicyclic amines) is 1. The number of nitrogens with one attached hydrogen (secondary N) is 2. The highest BCUT2D eigenvalue weighted by atomic mass is 16.5. The van der Waals surface area contributed by atoms with E-state index in [9.17, 15) is 9.59 Å². The highest BCUT2D eigenvalue weighted by Gasteiger charge is 2.45. The third-order valence-corrected chi connectivity index (χ3v) is 4.24. The number of urea groups is 1. The molecule has 1 aromatic carbocycles.